The lowest BCUT2D eigenvalue weighted by molar-refractivity contribution is -0.144. The Morgan fingerprint density at radius 3 is 2.43 bits per heavy atom. The van der Waals surface area contributed by atoms with Gasteiger partial charge in [-0.2, -0.15) is 0 Å². The average molecular weight is 593 g/mol. The lowest BCUT2D eigenvalue weighted by atomic mass is 9.59. The molecule has 2 aromatic rings. The van der Waals surface area contributed by atoms with Crippen molar-refractivity contribution in [2.24, 2.45) is 17.8 Å². The summed E-state index contributed by atoms with van der Waals surface area (Å²) in [6.45, 7) is 4.11. The van der Waals surface area contributed by atoms with Gasteiger partial charge in [0.05, 0.1) is 18.9 Å². The van der Waals surface area contributed by atoms with Gasteiger partial charge in [0.1, 0.15) is 0 Å². The topological polar surface area (TPSA) is 104 Å². The van der Waals surface area contributed by atoms with Gasteiger partial charge < -0.3 is 9.84 Å². The second kappa shape index (κ2) is 11.0. The van der Waals surface area contributed by atoms with Crippen molar-refractivity contribution < 1.29 is 29.0 Å². The van der Waals surface area contributed by atoms with Crippen LogP contribution in [0.15, 0.2) is 83.0 Å². The summed E-state index contributed by atoms with van der Waals surface area (Å²) in [5, 5.41) is 10.3. The van der Waals surface area contributed by atoms with Crippen molar-refractivity contribution in [3.05, 3.63) is 94.1 Å². The SMILES string of the molecule is COc1cc([C@H]2C3=CC[C@@H]4C(=O)N(C5CCN(Cc6ccccc6)CC5)C(=O)[C@@H]4[C@@H]3CC3=C2C(=O)C=C(C)C3=O)ccc1O. The monoisotopic (exact) mass is 592 g/mol. The van der Waals surface area contributed by atoms with E-state index in [1.54, 1.807) is 24.0 Å². The standard InChI is InChI=1S/C36H36N2O6/c1-20-16-29(40)33-27(34(20)41)18-26-24(31(33)22-8-11-28(39)30(17-22)44-2)9-10-25-32(26)36(43)38(35(25)42)23-12-14-37(15-13-23)19-21-6-4-3-5-7-21/h3-9,11,16-17,23,25-26,31-32,39H,10,12-15,18-19H2,1-2H3/t25-,26+,31-,32-/m0/s1. The zero-order valence-electron chi connectivity index (χ0n) is 25.0. The minimum absolute atomic E-state index is 0.0284. The van der Waals surface area contributed by atoms with Crippen molar-refractivity contribution in [2.75, 3.05) is 20.2 Å². The summed E-state index contributed by atoms with van der Waals surface area (Å²) in [5.74, 6) is -2.41. The number of methoxy groups -OCH3 is 1. The van der Waals surface area contributed by atoms with Crippen LogP contribution in [0.2, 0.25) is 0 Å². The largest absolute Gasteiger partial charge is 0.504 e. The number of phenols is 1. The highest BCUT2D eigenvalue weighted by Gasteiger charge is 2.57. The van der Waals surface area contributed by atoms with Gasteiger partial charge in [-0.05, 0) is 67.9 Å². The molecule has 3 aliphatic carbocycles. The molecule has 226 valence electrons. The third-order valence-corrected chi connectivity index (χ3v) is 10.3. The van der Waals surface area contributed by atoms with Crippen molar-refractivity contribution in [1.29, 1.82) is 0 Å². The number of allylic oxidation sites excluding steroid dienone is 6. The number of carbonyl (C=O) groups excluding carboxylic acids is 4. The van der Waals surface area contributed by atoms with E-state index in [0.717, 1.165) is 38.0 Å². The molecule has 2 aromatic carbocycles. The molecular formula is C36H36N2O6. The van der Waals surface area contributed by atoms with Gasteiger partial charge in [-0.15, -0.1) is 0 Å². The van der Waals surface area contributed by atoms with Gasteiger partial charge >= 0.3 is 0 Å². The average Bonchev–Trinajstić information content (AvgIpc) is 3.29. The number of hydrogen-bond donors (Lipinski definition) is 1. The van der Waals surface area contributed by atoms with E-state index >= 15 is 0 Å². The zero-order chi connectivity index (χ0) is 30.7. The smallest absolute Gasteiger partial charge is 0.233 e. The van der Waals surface area contributed by atoms with Crippen molar-refractivity contribution in [2.45, 2.75) is 51.1 Å². The van der Waals surface area contributed by atoms with Crippen LogP contribution in [0, 0.1) is 17.8 Å². The summed E-state index contributed by atoms with van der Waals surface area (Å²) < 4.78 is 5.38. The number of phenolic OH excluding ortho intramolecular Hbond substituents is 1. The van der Waals surface area contributed by atoms with Crippen molar-refractivity contribution in [3.8, 4) is 11.5 Å². The molecule has 5 aliphatic rings. The summed E-state index contributed by atoms with van der Waals surface area (Å²) in [6.07, 6.45) is 5.56. The molecule has 0 spiro atoms. The van der Waals surface area contributed by atoms with Crippen molar-refractivity contribution in [3.63, 3.8) is 0 Å². The number of fused-ring (bicyclic) bond motifs is 3. The van der Waals surface area contributed by atoms with Gasteiger partial charge in [0.2, 0.25) is 11.8 Å². The molecule has 2 heterocycles. The Balaban J connectivity index is 1.19. The molecule has 0 radical (unpaired) electrons. The Bertz CT molecular complexity index is 1660. The van der Waals surface area contributed by atoms with E-state index in [0.29, 0.717) is 28.7 Å². The minimum Gasteiger partial charge on any atom is -0.504 e. The van der Waals surface area contributed by atoms with Crippen LogP contribution in [0.3, 0.4) is 0 Å². The number of hydrogen-bond acceptors (Lipinski definition) is 7. The lowest BCUT2D eigenvalue weighted by Crippen LogP contribution is -2.47. The Morgan fingerprint density at radius 1 is 0.955 bits per heavy atom. The molecule has 1 N–H and O–H groups in total. The van der Waals surface area contributed by atoms with Crippen LogP contribution in [-0.2, 0) is 25.7 Å². The maximum absolute atomic E-state index is 14.3. The molecule has 0 bridgehead atoms. The predicted molar refractivity (Wildman–Crippen MR) is 163 cm³/mol. The third kappa shape index (κ3) is 4.54. The molecule has 2 saturated heterocycles. The third-order valence-electron chi connectivity index (χ3n) is 10.3. The molecule has 0 unspecified atom stereocenters. The Hall–Kier alpha value is -4.30. The number of rotatable bonds is 5. The first-order valence-corrected chi connectivity index (χ1v) is 15.5. The number of ketones is 2. The Labute approximate surface area is 256 Å². The molecule has 8 nitrogen and oxygen atoms in total. The van der Waals surface area contributed by atoms with E-state index in [1.165, 1.54) is 24.8 Å². The number of Topliss-reactive ketones (excluding diaryl/α,β-unsaturated/α-hetero) is 1. The second-order valence-electron chi connectivity index (χ2n) is 12.7. The highest BCUT2D eigenvalue weighted by Crippen LogP contribution is 2.55. The first-order valence-electron chi connectivity index (χ1n) is 15.5. The summed E-state index contributed by atoms with van der Waals surface area (Å²) in [5.41, 5.74) is 4.09. The molecule has 7 rings (SSSR count). The van der Waals surface area contributed by atoms with Crippen LogP contribution >= 0.6 is 0 Å². The van der Waals surface area contributed by atoms with Crippen LogP contribution < -0.4 is 4.74 Å². The van der Waals surface area contributed by atoms with E-state index in [2.05, 4.69) is 17.0 Å². The summed E-state index contributed by atoms with van der Waals surface area (Å²) >= 11 is 0. The van der Waals surface area contributed by atoms with Gasteiger partial charge in [-0.3, -0.25) is 29.0 Å². The molecule has 0 aromatic heterocycles. The fourth-order valence-corrected chi connectivity index (χ4v) is 8.20. The normalized spacial score (nSPS) is 27.5. The van der Waals surface area contributed by atoms with Crippen LogP contribution in [0.5, 0.6) is 11.5 Å². The van der Waals surface area contributed by atoms with Gasteiger partial charge in [0, 0.05) is 48.3 Å². The maximum Gasteiger partial charge on any atom is 0.233 e. The molecule has 2 amide bonds. The number of amides is 2. The Morgan fingerprint density at radius 2 is 1.70 bits per heavy atom. The first-order chi connectivity index (χ1) is 21.3. The summed E-state index contributed by atoms with van der Waals surface area (Å²) in [7, 11) is 1.46. The van der Waals surface area contributed by atoms with E-state index in [4.69, 9.17) is 4.74 Å². The van der Waals surface area contributed by atoms with Gasteiger partial charge in [-0.1, -0.05) is 48.0 Å². The summed E-state index contributed by atoms with van der Waals surface area (Å²) in [4.78, 5) is 59.1. The number of nitrogens with zero attached hydrogens (tertiary/aromatic N) is 2. The molecular weight excluding hydrogens is 556 g/mol. The quantitative estimate of drug-likeness (QED) is 0.310. The lowest BCUT2D eigenvalue weighted by Gasteiger charge is -2.42. The number of piperidine rings is 1. The maximum atomic E-state index is 14.3. The number of imide groups is 1. The van der Waals surface area contributed by atoms with Crippen LogP contribution in [0.25, 0.3) is 0 Å². The number of likely N-dealkylation sites (tertiary alicyclic amines) is 2. The molecule has 8 heteroatoms. The van der Waals surface area contributed by atoms with Crippen LogP contribution in [0.1, 0.15) is 49.7 Å². The second-order valence-corrected chi connectivity index (χ2v) is 12.7. The fraction of sp³-hybridized carbons (Fsp3) is 0.389. The number of carbonyl (C=O) groups is 4. The predicted octanol–water partition coefficient (Wildman–Crippen LogP) is 4.49. The zero-order valence-corrected chi connectivity index (χ0v) is 25.0. The van der Waals surface area contributed by atoms with Gasteiger partial charge in [0.15, 0.2) is 23.1 Å². The highest BCUT2D eigenvalue weighted by atomic mass is 16.5. The minimum atomic E-state index is -0.575. The Kier molecular flexibility index (Phi) is 7.12. The van der Waals surface area contributed by atoms with Gasteiger partial charge in [0.25, 0.3) is 0 Å². The van der Waals surface area contributed by atoms with Crippen molar-refractivity contribution in [1.82, 2.24) is 9.80 Å². The number of aromatic hydroxyl groups is 1. The molecule has 2 fully saturated rings. The fourth-order valence-electron chi connectivity index (χ4n) is 8.20. The van der Waals surface area contributed by atoms with E-state index in [-0.39, 0.29) is 53.3 Å². The van der Waals surface area contributed by atoms with Crippen LogP contribution in [-0.4, -0.2) is 64.5 Å². The van der Waals surface area contributed by atoms with Gasteiger partial charge in [-0.25, -0.2) is 0 Å². The van der Waals surface area contributed by atoms with E-state index in [9.17, 15) is 24.3 Å². The van der Waals surface area contributed by atoms with E-state index < -0.39 is 17.8 Å². The molecule has 2 aliphatic heterocycles. The van der Waals surface area contributed by atoms with Crippen molar-refractivity contribution >= 4 is 23.4 Å². The first kappa shape index (κ1) is 28.5. The highest BCUT2D eigenvalue weighted by molar-refractivity contribution is 6.23. The molecule has 44 heavy (non-hydrogen) atoms. The molecule has 0 saturated carbocycles. The molecule has 4 atom stereocenters. The number of benzene rings is 2. The number of ether oxygens (including phenoxy) is 1. The van der Waals surface area contributed by atoms with E-state index in [1.807, 2.05) is 24.3 Å². The summed E-state index contributed by atoms with van der Waals surface area (Å²) in [6, 6.07) is 15.1. The van der Waals surface area contributed by atoms with Crippen LogP contribution in [0.4, 0.5) is 0 Å².